The Bertz CT molecular complexity index is 1060. The first kappa shape index (κ1) is 18.9. The lowest BCUT2D eigenvalue weighted by atomic mass is 9.99. The summed E-state index contributed by atoms with van der Waals surface area (Å²) in [5.74, 6) is 0.837. The molecule has 0 bridgehead atoms. The number of carbonyl (C=O) groups is 1. The lowest BCUT2D eigenvalue weighted by Gasteiger charge is -2.21. The maximum atomic E-state index is 13.2. The van der Waals surface area contributed by atoms with Gasteiger partial charge in [-0.3, -0.25) is 4.79 Å². The van der Waals surface area contributed by atoms with Crippen molar-refractivity contribution >= 4 is 11.6 Å². The zero-order valence-corrected chi connectivity index (χ0v) is 16.6. The van der Waals surface area contributed by atoms with Gasteiger partial charge in [0.25, 0.3) is 5.91 Å². The fraction of sp³-hybridized carbons (Fsp3) is 0.273. The third-order valence-corrected chi connectivity index (χ3v) is 5.06. The van der Waals surface area contributed by atoms with Crippen LogP contribution in [0.1, 0.15) is 40.1 Å². The fourth-order valence-electron chi connectivity index (χ4n) is 3.64. The standard InChI is InChI=1S/C22H22N4O3/c1-14-6-4-5-7-19(14)16-8-10-17(11-9-16)22(27)26-13-18(25-28-3)12-20(26)21-23-15(2)24-29-21/h4-11,20H,12-13H2,1-3H3/b25-18-. The van der Waals surface area contributed by atoms with Crippen LogP contribution in [0, 0.1) is 13.8 Å². The molecule has 7 nitrogen and oxygen atoms in total. The first-order valence-electron chi connectivity index (χ1n) is 9.43. The number of aromatic nitrogens is 2. The van der Waals surface area contributed by atoms with Crippen LogP contribution in [-0.2, 0) is 4.84 Å². The Hall–Kier alpha value is -3.48. The van der Waals surface area contributed by atoms with Crippen LogP contribution in [0.2, 0.25) is 0 Å². The van der Waals surface area contributed by atoms with Gasteiger partial charge in [0.2, 0.25) is 5.89 Å². The third kappa shape index (κ3) is 3.76. The molecule has 1 aliphatic rings. The van der Waals surface area contributed by atoms with E-state index in [-0.39, 0.29) is 11.9 Å². The molecule has 1 fully saturated rings. The number of hydrogen-bond donors (Lipinski definition) is 0. The number of likely N-dealkylation sites (tertiary alicyclic amines) is 1. The molecule has 2 heterocycles. The number of oxime groups is 1. The van der Waals surface area contributed by atoms with E-state index in [1.807, 2.05) is 36.4 Å². The molecule has 1 saturated heterocycles. The van der Waals surface area contributed by atoms with Gasteiger partial charge in [-0.2, -0.15) is 4.98 Å². The molecule has 1 aromatic heterocycles. The summed E-state index contributed by atoms with van der Waals surface area (Å²) < 4.78 is 5.33. The zero-order chi connectivity index (χ0) is 20.4. The number of carbonyl (C=O) groups excluding carboxylic acids is 1. The number of nitrogens with zero attached hydrogens (tertiary/aromatic N) is 4. The van der Waals surface area contributed by atoms with E-state index in [0.29, 0.717) is 30.2 Å². The predicted molar refractivity (Wildman–Crippen MR) is 108 cm³/mol. The summed E-state index contributed by atoms with van der Waals surface area (Å²) in [5.41, 5.74) is 4.78. The van der Waals surface area contributed by atoms with Crippen LogP contribution >= 0.6 is 0 Å². The molecule has 1 aliphatic heterocycles. The van der Waals surface area contributed by atoms with Crippen molar-refractivity contribution in [3.8, 4) is 11.1 Å². The van der Waals surface area contributed by atoms with E-state index < -0.39 is 0 Å². The van der Waals surface area contributed by atoms with Crippen molar-refractivity contribution < 1.29 is 14.2 Å². The lowest BCUT2D eigenvalue weighted by Crippen LogP contribution is -2.31. The van der Waals surface area contributed by atoms with Crippen molar-refractivity contribution in [2.45, 2.75) is 26.3 Å². The van der Waals surface area contributed by atoms with Crippen LogP contribution in [0.4, 0.5) is 0 Å². The van der Waals surface area contributed by atoms with E-state index in [0.717, 1.165) is 16.8 Å². The summed E-state index contributed by atoms with van der Waals surface area (Å²) in [4.78, 5) is 24.2. The van der Waals surface area contributed by atoms with Gasteiger partial charge < -0.3 is 14.3 Å². The molecule has 148 valence electrons. The van der Waals surface area contributed by atoms with Crippen molar-refractivity contribution in [1.82, 2.24) is 15.0 Å². The largest absolute Gasteiger partial charge is 0.399 e. The van der Waals surface area contributed by atoms with E-state index in [1.165, 1.54) is 12.7 Å². The Morgan fingerprint density at radius 1 is 1.17 bits per heavy atom. The molecule has 4 rings (SSSR count). The smallest absolute Gasteiger partial charge is 0.254 e. The van der Waals surface area contributed by atoms with Gasteiger partial charge in [-0.15, -0.1) is 0 Å². The SMILES string of the molecule is CO/N=C1/CC(c2nc(C)no2)N(C(=O)c2ccc(-c3ccccc3C)cc2)C1. The highest BCUT2D eigenvalue weighted by Crippen LogP contribution is 2.32. The minimum Gasteiger partial charge on any atom is -0.399 e. The maximum Gasteiger partial charge on any atom is 0.254 e. The summed E-state index contributed by atoms with van der Waals surface area (Å²) in [6.07, 6.45) is 0.502. The number of benzene rings is 2. The van der Waals surface area contributed by atoms with E-state index >= 15 is 0 Å². The summed E-state index contributed by atoms with van der Waals surface area (Å²) in [7, 11) is 1.49. The van der Waals surface area contributed by atoms with Gasteiger partial charge in [0.1, 0.15) is 13.2 Å². The molecule has 29 heavy (non-hydrogen) atoms. The topological polar surface area (TPSA) is 80.8 Å². The molecule has 7 heteroatoms. The highest BCUT2D eigenvalue weighted by molar-refractivity contribution is 6.00. The Morgan fingerprint density at radius 2 is 1.93 bits per heavy atom. The van der Waals surface area contributed by atoms with E-state index in [2.05, 4.69) is 34.4 Å². The molecule has 0 radical (unpaired) electrons. The molecule has 1 amide bonds. The van der Waals surface area contributed by atoms with Gasteiger partial charge in [0.15, 0.2) is 5.82 Å². The predicted octanol–water partition coefficient (Wildman–Crippen LogP) is 3.94. The number of rotatable bonds is 4. The minimum atomic E-state index is -0.353. The Labute approximate surface area is 169 Å². The van der Waals surface area contributed by atoms with Gasteiger partial charge in [0.05, 0.1) is 12.3 Å². The number of hydrogen-bond acceptors (Lipinski definition) is 6. The van der Waals surface area contributed by atoms with Gasteiger partial charge in [-0.1, -0.05) is 46.7 Å². The van der Waals surface area contributed by atoms with Crippen LogP contribution in [0.25, 0.3) is 11.1 Å². The summed E-state index contributed by atoms with van der Waals surface area (Å²) >= 11 is 0. The van der Waals surface area contributed by atoms with E-state index in [1.54, 1.807) is 11.8 Å². The maximum absolute atomic E-state index is 13.2. The van der Waals surface area contributed by atoms with Crippen LogP contribution in [0.3, 0.4) is 0 Å². The van der Waals surface area contributed by atoms with Crippen LogP contribution in [0.5, 0.6) is 0 Å². The molecule has 0 aliphatic carbocycles. The van der Waals surface area contributed by atoms with Crippen molar-refractivity contribution in [3.05, 3.63) is 71.4 Å². The van der Waals surface area contributed by atoms with Crippen molar-refractivity contribution in [2.24, 2.45) is 5.16 Å². The van der Waals surface area contributed by atoms with Gasteiger partial charge in [-0.25, -0.2) is 0 Å². The highest BCUT2D eigenvalue weighted by atomic mass is 16.6. The molecule has 1 unspecified atom stereocenters. The molecule has 0 saturated carbocycles. The molecular formula is C22H22N4O3. The monoisotopic (exact) mass is 390 g/mol. The molecule has 1 atom stereocenters. The fourth-order valence-corrected chi connectivity index (χ4v) is 3.64. The quantitative estimate of drug-likeness (QED) is 0.630. The molecular weight excluding hydrogens is 368 g/mol. The van der Waals surface area contributed by atoms with Crippen molar-refractivity contribution in [3.63, 3.8) is 0 Å². The molecule has 2 aromatic carbocycles. The highest BCUT2D eigenvalue weighted by Gasteiger charge is 2.38. The summed E-state index contributed by atoms with van der Waals surface area (Å²) in [6, 6.07) is 15.5. The van der Waals surface area contributed by atoms with Crippen molar-refractivity contribution in [1.29, 1.82) is 0 Å². The minimum absolute atomic E-state index is 0.108. The van der Waals surface area contributed by atoms with Crippen molar-refractivity contribution in [2.75, 3.05) is 13.7 Å². The van der Waals surface area contributed by atoms with E-state index in [9.17, 15) is 4.79 Å². The van der Waals surface area contributed by atoms with E-state index in [4.69, 9.17) is 9.36 Å². The second-order valence-corrected chi connectivity index (χ2v) is 7.07. The summed E-state index contributed by atoms with van der Waals surface area (Å²) in [6.45, 7) is 4.19. The van der Waals surface area contributed by atoms with Gasteiger partial charge in [0, 0.05) is 12.0 Å². The second kappa shape index (κ2) is 7.87. The van der Waals surface area contributed by atoms with Crippen LogP contribution < -0.4 is 0 Å². The van der Waals surface area contributed by atoms with Gasteiger partial charge >= 0.3 is 0 Å². The molecule has 0 spiro atoms. The number of aryl methyl sites for hydroxylation is 2. The lowest BCUT2D eigenvalue weighted by molar-refractivity contribution is 0.0713. The Balaban J connectivity index is 1.61. The molecule has 3 aromatic rings. The Morgan fingerprint density at radius 3 is 2.59 bits per heavy atom. The normalized spacial score (nSPS) is 17.7. The molecule has 0 N–H and O–H groups in total. The summed E-state index contributed by atoms with van der Waals surface area (Å²) in [5, 5.41) is 7.89. The first-order valence-corrected chi connectivity index (χ1v) is 9.43. The number of amides is 1. The average Bonchev–Trinajstić information content (AvgIpc) is 3.34. The first-order chi connectivity index (χ1) is 14.1. The zero-order valence-electron chi connectivity index (χ0n) is 16.6. The Kier molecular flexibility index (Phi) is 5.12. The van der Waals surface area contributed by atoms with Crippen LogP contribution in [0.15, 0.2) is 58.2 Å². The van der Waals surface area contributed by atoms with Gasteiger partial charge in [-0.05, 0) is 42.7 Å². The van der Waals surface area contributed by atoms with Crippen LogP contribution in [-0.4, -0.2) is 40.3 Å². The second-order valence-electron chi connectivity index (χ2n) is 7.07. The third-order valence-electron chi connectivity index (χ3n) is 5.06. The average molecular weight is 390 g/mol.